The van der Waals surface area contributed by atoms with Crippen LogP contribution in [-0.4, -0.2) is 46.9 Å². The van der Waals surface area contributed by atoms with Crippen molar-refractivity contribution in [3.05, 3.63) is 52.0 Å². The summed E-state index contributed by atoms with van der Waals surface area (Å²) >= 11 is 1.72. The van der Waals surface area contributed by atoms with Gasteiger partial charge in [0.15, 0.2) is 0 Å². The fourth-order valence-electron chi connectivity index (χ4n) is 2.78. The van der Waals surface area contributed by atoms with Crippen LogP contribution in [0.2, 0.25) is 0 Å². The third-order valence-electron chi connectivity index (χ3n) is 4.29. The standard InChI is InChI=1S/C17H18N4OS/c1-13(15-4-9-23-12-15)20-5-7-21(8-6-20)17(22)16-3-2-14(10-18)11-19-16/h2-4,9,11-13H,5-8H2,1H3/t13-/m1/s1. The number of amides is 1. The quantitative estimate of drug-likeness (QED) is 0.869. The SMILES string of the molecule is C[C@H](c1ccsc1)N1CCN(C(=O)c2ccc(C#N)cn2)CC1. The van der Waals surface area contributed by atoms with Gasteiger partial charge < -0.3 is 4.90 Å². The Hall–Kier alpha value is -2.23. The van der Waals surface area contributed by atoms with Gasteiger partial charge in [0, 0.05) is 38.4 Å². The molecule has 23 heavy (non-hydrogen) atoms. The fourth-order valence-corrected chi connectivity index (χ4v) is 3.53. The molecule has 0 bridgehead atoms. The van der Waals surface area contributed by atoms with Gasteiger partial charge in [-0.15, -0.1) is 0 Å². The molecule has 6 heteroatoms. The van der Waals surface area contributed by atoms with Gasteiger partial charge in [-0.1, -0.05) is 0 Å². The van der Waals surface area contributed by atoms with Crippen LogP contribution < -0.4 is 0 Å². The van der Waals surface area contributed by atoms with E-state index in [-0.39, 0.29) is 5.91 Å². The van der Waals surface area contributed by atoms with Gasteiger partial charge in [0.05, 0.1) is 5.56 Å². The predicted octanol–water partition coefficient (Wildman–Crippen LogP) is 2.53. The molecule has 3 heterocycles. The van der Waals surface area contributed by atoms with E-state index in [1.165, 1.54) is 11.8 Å². The van der Waals surface area contributed by atoms with E-state index in [4.69, 9.17) is 5.26 Å². The Morgan fingerprint density at radius 2 is 2.09 bits per heavy atom. The van der Waals surface area contributed by atoms with E-state index in [0.717, 1.165) is 13.1 Å². The molecule has 0 radical (unpaired) electrons. The monoisotopic (exact) mass is 326 g/mol. The summed E-state index contributed by atoms with van der Waals surface area (Å²) < 4.78 is 0. The molecule has 0 aromatic carbocycles. The van der Waals surface area contributed by atoms with Crippen molar-refractivity contribution in [2.45, 2.75) is 13.0 Å². The van der Waals surface area contributed by atoms with Crippen LogP contribution in [0.5, 0.6) is 0 Å². The zero-order chi connectivity index (χ0) is 16.2. The summed E-state index contributed by atoms with van der Waals surface area (Å²) in [5.74, 6) is -0.0580. The number of aromatic nitrogens is 1. The van der Waals surface area contributed by atoms with E-state index in [1.54, 1.807) is 23.5 Å². The summed E-state index contributed by atoms with van der Waals surface area (Å²) in [6.45, 7) is 5.34. The minimum absolute atomic E-state index is 0.0580. The first-order valence-electron chi connectivity index (χ1n) is 7.60. The van der Waals surface area contributed by atoms with Gasteiger partial charge in [0.1, 0.15) is 11.8 Å². The number of hydrogen-bond acceptors (Lipinski definition) is 5. The maximum atomic E-state index is 12.5. The Morgan fingerprint density at radius 3 is 2.65 bits per heavy atom. The first-order chi connectivity index (χ1) is 11.2. The molecule has 0 aliphatic carbocycles. The molecule has 0 N–H and O–H groups in total. The molecule has 1 fully saturated rings. The molecular formula is C17H18N4OS. The first-order valence-corrected chi connectivity index (χ1v) is 8.55. The van der Waals surface area contributed by atoms with E-state index in [0.29, 0.717) is 30.4 Å². The number of rotatable bonds is 3. The Bertz CT molecular complexity index is 697. The number of nitrogens with zero attached hydrogens (tertiary/aromatic N) is 4. The molecular weight excluding hydrogens is 308 g/mol. The summed E-state index contributed by atoms with van der Waals surface area (Å²) in [5.41, 5.74) is 2.21. The second-order valence-corrected chi connectivity index (χ2v) is 6.38. The highest BCUT2D eigenvalue weighted by molar-refractivity contribution is 7.07. The lowest BCUT2D eigenvalue weighted by Crippen LogP contribution is -2.49. The molecule has 0 spiro atoms. The normalized spacial score (nSPS) is 16.8. The van der Waals surface area contributed by atoms with Gasteiger partial charge in [-0.3, -0.25) is 9.69 Å². The summed E-state index contributed by atoms with van der Waals surface area (Å²) in [6.07, 6.45) is 1.45. The van der Waals surface area contributed by atoms with Crippen molar-refractivity contribution in [1.29, 1.82) is 5.26 Å². The number of carbonyl (C=O) groups excluding carboxylic acids is 1. The van der Waals surface area contributed by atoms with Crippen LogP contribution in [0.15, 0.2) is 35.2 Å². The minimum atomic E-state index is -0.0580. The van der Waals surface area contributed by atoms with Crippen molar-refractivity contribution < 1.29 is 4.79 Å². The molecule has 5 nitrogen and oxygen atoms in total. The van der Waals surface area contributed by atoms with Crippen LogP contribution in [0.3, 0.4) is 0 Å². The second kappa shape index (κ2) is 6.90. The lowest BCUT2D eigenvalue weighted by Gasteiger charge is -2.37. The highest BCUT2D eigenvalue weighted by atomic mass is 32.1. The lowest BCUT2D eigenvalue weighted by molar-refractivity contribution is 0.0577. The lowest BCUT2D eigenvalue weighted by atomic mass is 10.1. The van der Waals surface area contributed by atoms with E-state index >= 15 is 0 Å². The van der Waals surface area contributed by atoms with Crippen LogP contribution in [0, 0.1) is 11.3 Å². The van der Waals surface area contributed by atoms with Crippen LogP contribution >= 0.6 is 11.3 Å². The average molecular weight is 326 g/mol. The summed E-state index contributed by atoms with van der Waals surface area (Å²) in [7, 11) is 0. The molecule has 0 unspecified atom stereocenters. The number of carbonyl (C=O) groups is 1. The number of nitriles is 1. The zero-order valence-corrected chi connectivity index (χ0v) is 13.8. The number of piperazine rings is 1. The largest absolute Gasteiger partial charge is 0.335 e. The van der Waals surface area contributed by atoms with Crippen molar-refractivity contribution in [3.8, 4) is 6.07 Å². The summed E-state index contributed by atoms with van der Waals surface area (Å²) in [6, 6.07) is 7.81. The smallest absolute Gasteiger partial charge is 0.272 e. The summed E-state index contributed by atoms with van der Waals surface area (Å²) in [5, 5.41) is 13.1. The van der Waals surface area contributed by atoms with Gasteiger partial charge in [-0.2, -0.15) is 16.6 Å². The molecule has 3 rings (SSSR count). The van der Waals surface area contributed by atoms with E-state index in [1.807, 2.05) is 11.0 Å². The first kappa shape index (κ1) is 15.7. The van der Waals surface area contributed by atoms with Gasteiger partial charge in [-0.05, 0) is 41.4 Å². The average Bonchev–Trinajstić information content (AvgIpc) is 3.15. The van der Waals surface area contributed by atoms with Crippen molar-refractivity contribution in [2.24, 2.45) is 0 Å². The van der Waals surface area contributed by atoms with Crippen molar-refractivity contribution in [3.63, 3.8) is 0 Å². The van der Waals surface area contributed by atoms with E-state index in [9.17, 15) is 4.79 Å². The maximum Gasteiger partial charge on any atom is 0.272 e. The minimum Gasteiger partial charge on any atom is -0.335 e. The highest BCUT2D eigenvalue weighted by Crippen LogP contribution is 2.23. The van der Waals surface area contributed by atoms with Crippen molar-refractivity contribution in [2.75, 3.05) is 26.2 Å². The summed E-state index contributed by atoms with van der Waals surface area (Å²) in [4.78, 5) is 20.8. The Balaban J connectivity index is 1.60. The number of pyridine rings is 1. The van der Waals surface area contributed by atoms with Crippen molar-refractivity contribution in [1.82, 2.24) is 14.8 Å². The van der Waals surface area contributed by atoms with Crippen LogP contribution in [0.25, 0.3) is 0 Å². The van der Waals surface area contributed by atoms with Gasteiger partial charge in [-0.25, -0.2) is 4.98 Å². The molecule has 1 amide bonds. The number of thiophene rings is 1. The van der Waals surface area contributed by atoms with Crippen LogP contribution in [0.4, 0.5) is 0 Å². The third-order valence-corrected chi connectivity index (χ3v) is 4.99. The molecule has 2 aromatic heterocycles. The molecule has 2 aromatic rings. The Kier molecular flexibility index (Phi) is 4.70. The molecule has 118 valence electrons. The topological polar surface area (TPSA) is 60.2 Å². The number of hydrogen-bond donors (Lipinski definition) is 0. The Morgan fingerprint density at radius 1 is 1.30 bits per heavy atom. The second-order valence-electron chi connectivity index (χ2n) is 5.60. The van der Waals surface area contributed by atoms with Gasteiger partial charge in [0.25, 0.3) is 5.91 Å². The van der Waals surface area contributed by atoms with E-state index in [2.05, 4.69) is 33.6 Å². The van der Waals surface area contributed by atoms with Crippen LogP contribution in [0.1, 0.15) is 34.6 Å². The zero-order valence-electron chi connectivity index (χ0n) is 13.0. The molecule has 1 atom stereocenters. The highest BCUT2D eigenvalue weighted by Gasteiger charge is 2.26. The van der Waals surface area contributed by atoms with Crippen molar-refractivity contribution >= 4 is 17.2 Å². The van der Waals surface area contributed by atoms with Gasteiger partial charge in [0.2, 0.25) is 0 Å². The maximum absolute atomic E-state index is 12.5. The van der Waals surface area contributed by atoms with Gasteiger partial charge >= 0.3 is 0 Å². The molecule has 0 saturated carbocycles. The molecule has 1 aliphatic rings. The fraction of sp³-hybridized carbons (Fsp3) is 0.353. The predicted molar refractivity (Wildman–Crippen MR) is 89.2 cm³/mol. The third kappa shape index (κ3) is 3.41. The Labute approximate surface area is 139 Å². The van der Waals surface area contributed by atoms with Crippen LogP contribution in [-0.2, 0) is 0 Å². The molecule has 1 saturated heterocycles. The van der Waals surface area contributed by atoms with E-state index < -0.39 is 0 Å². The molecule has 1 aliphatic heterocycles.